The van der Waals surface area contributed by atoms with Crippen LogP contribution in [0.15, 0.2) is 29.3 Å². The van der Waals surface area contributed by atoms with Gasteiger partial charge in [0.1, 0.15) is 0 Å². The third-order valence-electron chi connectivity index (χ3n) is 4.88. The van der Waals surface area contributed by atoms with Gasteiger partial charge in [-0.15, -0.1) is 24.0 Å². The molecule has 29 heavy (non-hydrogen) atoms. The van der Waals surface area contributed by atoms with E-state index in [0.717, 1.165) is 36.7 Å². The summed E-state index contributed by atoms with van der Waals surface area (Å²) >= 11 is 0. The van der Waals surface area contributed by atoms with Gasteiger partial charge in [-0.05, 0) is 37.0 Å². The fraction of sp³-hybridized carbons (Fsp3) is 0.571. The van der Waals surface area contributed by atoms with E-state index in [1.165, 1.54) is 7.11 Å². The molecule has 1 aliphatic rings. The number of benzene rings is 1. The molecule has 1 heterocycles. The van der Waals surface area contributed by atoms with Crippen LogP contribution in [0.5, 0.6) is 0 Å². The highest BCUT2D eigenvalue weighted by atomic mass is 127. The fourth-order valence-corrected chi connectivity index (χ4v) is 3.33. The molecule has 1 aromatic rings. The second kappa shape index (κ2) is 12.7. The highest BCUT2D eigenvalue weighted by Gasteiger charge is 2.36. The van der Waals surface area contributed by atoms with Crippen LogP contribution < -0.4 is 10.6 Å². The Morgan fingerprint density at radius 2 is 1.90 bits per heavy atom. The first-order chi connectivity index (χ1) is 13.5. The second-order valence-electron chi connectivity index (χ2n) is 7.18. The molecule has 162 valence electrons. The average Bonchev–Trinajstić information content (AvgIpc) is 3.07. The standard InChI is InChI=1S/C21H32N4O3.HI/c1-5-7-19(26)24-17-10-8-16(9-11-17)12-23-21(22-6-2)25-13-15(3)18(14-25)20(27)28-4;/h8-11,15,18H,5-7,12-14H2,1-4H3,(H,22,23)(H,24,26);1H. The number of aliphatic imine (C=N–C) groups is 1. The Kier molecular flexibility index (Phi) is 11.0. The third-order valence-corrected chi connectivity index (χ3v) is 4.88. The molecule has 0 aliphatic carbocycles. The van der Waals surface area contributed by atoms with Gasteiger partial charge < -0.3 is 20.3 Å². The number of anilines is 1. The van der Waals surface area contributed by atoms with Gasteiger partial charge in [-0.2, -0.15) is 0 Å². The summed E-state index contributed by atoms with van der Waals surface area (Å²) in [5.74, 6) is 0.779. The van der Waals surface area contributed by atoms with E-state index in [1.54, 1.807) is 0 Å². The molecule has 2 unspecified atom stereocenters. The molecule has 1 aromatic carbocycles. The Morgan fingerprint density at radius 1 is 1.21 bits per heavy atom. The van der Waals surface area contributed by atoms with Gasteiger partial charge in [0.2, 0.25) is 5.91 Å². The molecular weight excluding hydrogens is 483 g/mol. The Hall–Kier alpha value is -1.84. The molecule has 0 aromatic heterocycles. The summed E-state index contributed by atoms with van der Waals surface area (Å²) in [5, 5.41) is 6.20. The number of guanidine groups is 1. The van der Waals surface area contributed by atoms with Crippen LogP contribution in [-0.4, -0.2) is 49.5 Å². The quantitative estimate of drug-likeness (QED) is 0.252. The lowest BCUT2D eigenvalue weighted by Crippen LogP contribution is -2.40. The lowest BCUT2D eigenvalue weighted by atomic mass is 9.99. The summed E-state index contributed by atoms with van der Waals surface area (Å²) in [6, 6.07) is 7.74. The van der Waals surface area contributed by atoms with Crippen LogP contribution in [0, 0.1) is 11.8 Å². The van der Waals surface area contributed by atoms with E-state index < -0.39 is 0 Å². The number of hydrogen-bond donors (Lipinski definition) is 2. The zero-order valence-electron chi connectivity index (χ0n) is 17.7. The second-order valence-corrected chi connectivity index (χ2v) is 7.18. The van der Waals surface area contributed by atoms with Crippen molar-refractivity contribution in [2.45, 2.75) is 40.2 Å². The Morgan fingerprint density at radius 3 is 2.48 bits per heavy atom. The molecule has 8 heteroatoms. The number of hydrogen-bond acceptors (Lipinski definition) is 4. The van der Waals surface area contributed by atoms with Gasteiger partial charge in [0.15, 0.2) is 5.96 Å². The molecule has 2 rings (SSSR count). The number of ether oxygens (including phenoxy) is 1. The normalized spacial score (nSPS) is 18.8. The smallest absolute Gasteiger partial charge is 0.310 e. The molecule has 7 nitrogen and oxygen atoms in total. The van der Waals surface area contributed by atoms with Gasteiger partial charge in [0.25, 0.3) is 0 Å². The monoisotopic (exact) mass is 516 g/mol. The lowest BCUT2D eigenvalue weighted by molar-refractivity contribution is -0.146. The van der Waals surface area contributed by atoms with E-state index in [2.05, 4.69) is 22.5 Å². The molecule has 1 fully saturated rings. The zero-order chi connectivity index (χ0) is 20.5. The number of rotatable bonds is 7. The lowest BCUT2D eigenvalue weighted by Gasteiger charge is -2.21. The number of carbonyl (C=O) groups is 2. The van der Waals surface area contributed by atoms with Crippen LogP contribution in [0.2, 0.25) is 0 Å². The van der Waals surface area contributed by atoms with Crippen molar-refractivity contribution in [3.8, 4) is 0 Å². The van der Waals surface area contributed by atoms with E-state index in [1.807, 2.05) is 38.1 Å². The maximum atomic E-state index is 11.9. The van der Waals surface area contributed by atoms with Crippen LogP contribution >= 0.6 is 24.0 Å². The van der Waals surface area contributed by atoms with E-state index in [9.17, 15) is 9.59 Å². The number of likely N-dealkylation sites (tertiary alicyclic amines) is 1. The number of halogens is 1. The summed E-state index contributed by atoms with van der Waals surface area (Å²) in [5.41, 5.74) is 1.85. The highest BCUT2D eigenvalue weighted by Crippen LogP contribution is 2.24. The molecule has 0 radical (unpaired) electrons. The van der Waals surface area contributed by atoms with Crippen molar-refractivity contribution in [2.24, 2.45) is 16.8 Å². The molecule has 0 bridgehead atoms. The van der Waals surface area contributed by atoms with Crippen LogP contribution in [0.3, 0.4) is 0 Å². The largest absolute Gasteiger partial charge is 0.469 e. The van der Waals surface area contributed by atoms with Gasteiger partial charge >= 0.3 is 5.97 Å². The molecule has 0 spiro atoms. The fourth-order valence-electron chi connectivity index (χ4n) is 3.33. The van der Waals surface area contributed by atoms with Crippen LogP contribution in [-0.2, 0) is 20.9 Å². The molecule has 1 amide bonds. The zero-order valence-corrected chi connectivity index (χ0v) is 20.1. The first kappa shape index (κ1) is 25.2. The Balaban J connectivity index is 0.00000420. The highest BCUT2D eigenvalue weighted by molar-refractivity contribution is 14.0. The van der Waals surface area contributed by atoms with Crippen molar-refractivity contribution in [3.05, 3.63) is 29.8 Å². The molecular formula is C21H33IN4O3. The van der Waals surface area contributed by atoms with E-state index in [0.29, 0.717) is 19.5 Å². The maximum Gasteiger partial charge on any atom is 0.310 e. The summed E-state index contributed by atoms with van der Waals surface area (Å²) < 4.78 is 4.92. The van der Waals surface area contributed by atoms with Gasteiger partial charge in [0.05, 0.1) is 19.6 Å². The van der Waals surface area contributed by atoms with Crippen molar-refractivity contribution >= 4 is 47.5 Å². The average molecular weight is 516 g/mol. The number of methoxy groups -OCH3 is 1. The summed E-state index contributed by atoms with van der Waals surface area (Å²) in [6.07, 6.45) is 1.36. The van der Waals surface area contributed by atoms with Crippen molar-refractivity contribution in [1.29, 1.82) is 0 Å². The van der Waals surface area contributed by atoms with Crippen LogP contribution in [0.4, 0.5) is 5.69 Å². The predicted octanol–water partition coefficient (Wildman–Crippen LogP) is 3.25. The van der Waals surface area contributed by atoms with Crippen LogP contribution in [0.25, 0.3) is 0 Å². The minimum Gasteiger partial charge on any atom is -0.469 e. The van der Waals surface area contributed by atoms with E-state index in [-0.39, 0.29) is 47.7 Å². The minimum atomic E-state index is -0.161. The maximum absolute atomic E-state index is 11.9. The van der Waals surface area contributed by atoms with Gasteiger partial charge in [-0.25, -0.2) is 4.99 Å². The van der Waals surface area contributed by atoms with Crippen molar-refractivity contribution < 1.29 is 14.3 Å². The van der Waals surface area contributed by atoms with Crippen molar-refractivity contribution in [2.75, 3.05) is 32.1 Å². The first-order valence-corrected chi connectivity index (χ1v) is 9.98. The third kappa shape index (κ3) is 7.49. The molecule has 1 saturated heterocycles. The molecule has 0 saturated carbocycles. The molecule has 1 aliphatic heterocycles. The van der Waals surface area contributed by atoms with Crippen molar-refractivity contribution in [1.82, 2.24) is 10.2 Å². The molecule has 2 atom stereocenters. The molecule has 2 N–H and O–H groups in total. The number of amides is 1. The minimum absolute atomic E-state index is 0. The topological polar surface area (TPSA) is 83.0 Å². The van der Waals surface area contributed by atoms with Crippen LogP contribution in [0.1, 0.15) is 39.2 Å². The number of carbonyl (C=O) groups excluding carboxylic acids is 2. The SMILES string of the molecule is CCCC(=O)Nc1ccc(CN=C(NCC)N2CC(C)C(C(=O)OC)C2)cc1.I. The first-order valence-electron chi connectivity index (χ1n) is 9.98. The summed E-state index contributed by atoms with van der Waals surface area (Å²) in [7, 11) is 1.44. The summed E-state index contributed by atoms with van der Waals surface area (Å²) in [6.45, 7) is 8.75. The van der Waals surface area contributed by atoms with Crippen molar-refractivity contribution in [3.63, 3.8) is 0 Å². The van der Waals surface area contributed by atoms with Gasteiger partial charge in [-0.3, -0.25) is 9.59 Å². The van der Waals surface area contributed by atoms with Gasteiger partial charge in [0, 0.05) is 31.7 Å². The Bertz CT molecular complexity index is 694. The number of esters is 1. The Labute approximate surface area is 190 Å². The summed E-state index contributed by atoms with van der Waals surface area (Å²) in [4.78, 5) is 30.5. The number of nitrogens with zero attached hydrogens (tertiary/aromatic N) is 2. The predicted molar refractivity (Wildman–Crippen MR) is 126 cm³/mol. The van der Waals surface area contributed by atoms with E-state index in [4.69, 9.17) is 9.73 Å². The van der Waals surface area contributed by atoms with E-state index >= 15 is 0 Å². The number of nitrogens with one attached hydrogen (secondary N) is 2. The van der Waals surface area contributed by atoms with Gasteiger partial charge in [-0.1, -0.05) is 26.0 Å².